The van der Waals surface area contributed by atoms with Crippen molar-refractivity contribution >= 4 is 57.1 Å². The van der Waals surface area contributed by atoms with Gasteiger partial charge in [-0.1, -0.05) is 12.5 Å². The van der Waals surface area contributed by atoms with Crippen molar-refractivity contribution in [1.82, 2.24) is 14.6 Å². The lowest BCUT2D eigenvalue weighted by Crippen LogP contribution is -2.45. The molecule has 1 amide bonds. The summed E-state index contributed by atoms with van der Waals surface area (Å²) < 4.78 is 106. The Bertz CT molecular complexity index is 2960. The van der Waals surface area contributed by atoms with Gasteiger partial charge in [0.15, 0.2) is 6.10 Å². The van der Waals surface area contributed by atoms with Gasteiger partial charge >= 0.3 is 19.8 Å². The summed E-state index contributed by atoms with van der Waals surface area (Å²) in [5.74, 6) is -1.81. The van der Waals surface area contributed by atoms with Crippen molar-refractivity contribution in [2.75, 3.05) is 64.0 Å². The number of benzene rings is 3. The molecule has 380 valence electrons. The summed E-state index contributed by atoms with van der Waals surface area (Å²) in [6, 6.07) is 7.94. The lowest BCUT2D eigenvalue weighted by Gasteiger charge is -2.39. The minimum absolute atomic E-state index is 0.00326. The van der Waals surface area contributed by atoms with Crippen LogP contribution in [0.4, 0.5) is 5.69 Å². The molecule has 0 fully saturated rings. The SMILES string of the molecule is O=C(O)CCC(OP(=O)(O)OCCCOCCNC(=O)CCCCCNS(=O)(=O)c1ccc(C2=c3cc4c5c(c3Oc3c2cc2c6c3CCCN6CCC2)CCC[N+]=5CCC4)c(S(=O)(=O)[O-])c1)C(=O)O. The lowest BCUT2D eigenvalue weighted by molar-refractivity contribution is -0.147. The number of unbranched alkanes of at least 4 members (excludes halogenated alkanes) is 2. The van der Waals surface area contributed by atoms with Gasteiger partial charge in [0.25, 0.3) is 0 Å². The van der Waals surface area contributed by atoms with Crippen molar-refractivity contribution in [3.8, 4) is 11.5 Å². The number of fused-ring (bicyclic) bond motifs is 4. The number of carboxylic acids is 2. The number of rotatable bonds is 24. The van der Waals surface area contributed by atoms with E-state index in [0.29, 0.717) is 47.1 Å². The van der Waals surface area contributed by atoms with Gasteiger partial charge in [0, 0.05) is 97.2 Å². The summed E-state index contributed by atoms with van der Waals surface area (Å²) in [7, 11) is -14.3. The number of phosphoric acid groups is 1. The molecule has 0 bridgehead atoms. The molecule has 0 saturated heterocycles. The smallest absolute Gasteiger partial charge is 0.473 e. The van der Waals surface area contributed by atoms with Gasteiger partial charge in [-0.25, -0.2) is 35.5 Å². The summed E-state index contributed by atoms with van der Waals surface area (Å²) in [6.07, 6.45) is 5.73. The largest absolute Gasteiger partial charge is 0.744 e. The fourth-order valence-electron chi connectivity index (χ4n) is 10.2. The first kappa shape index (κ1) is 51.6. The average Bonchev–Trinajstić information content (AvgIpc) is 3.31. The third-order valence-corrected chi connectivity index (χ3v) is 16.6. The summed E-state index contributed by atoms with van der Waals surface area (Å²) in [5.41, 5.74) is 7.05. The third-order valence-electron chi connectivity index (χ3n) is 13.3. The number of anilines is 1. The van der Waals surface area contributed by atoms with Gasteiger partial charge in [0.2, 0.25) is 21.3 Å². The molecule has 5 aliphatic heterocycles. The van der Waals surface area contributed by atoms with E-state index in [0.717, 1.165) is 106 Å². The van der Waals surface area contributed by atoms with E-state index in [9.17, 15) is 45.2 Å². The van der Waals surface area contributed by atoms with Crippen molar-refractivity contribution in [3.05, 3.63) is 74.3 Å². The maximum absolute atomic E-state index is 13.7. The van der Waals surface area contributed by atoms with E-state index in [-0.39, 0.29) is 62.1 Å². The van der Waals surface area contributed by atoms with Crippen LogP contribution in [0.5, 0.6) is 11.5 Å². The molecule has 0 spiro atoms. The van der Waals surface area contributed by atoms with E-state index < -0.39 is 63.7 Å². The number of carbonyl (C=O) groups excluding carboxylic acids is 1. The predicted molar refractivity (Wildman–Crippen MR) is 252 cm³/mol. The number of nitrogens with one attached hydrogen (secondary N) is 2. The summed E-state index contributed by atoms with van der Waals surface area (Å²) in [5, 5.41) is 22.4. The van der Waals surface area contributed by atoms with E-state index >= 15 is 0 Å². The molecule has 23 heteroatoms. The van der Waals surface area contributed by atoms with E-state index in [2.05, 4.69) is 36.2 Å². The summed E-state index contributed by atoms with van der Waals surface area (Å²) >= 11 is 0. The van der Waals surface area contributed by atoms with E-state index in [1.807, 2.05) is 0 Å². The molecule has 0 saturated carbocycles. The second-order valence-corrected chi connectivity index (χ2v) is 22.7. The first-order valence-electron chi connectivity index (χ1n) is 23.9. The predicted octanol–water partition coefficient (Wildman–Crippen LogP) is 2.84. The van der Waals surface area contributed by atoms with Crippen LogP contribution in [-0.4, -0.2) is 120 Å². The maximum atomic E-state index is 13.7. The highest BCUT2D eigenvalue weighted by Gasteiger charge is 2.37. The molecule has 3 aromatic rings. The van der Waals surface area contributed by atoms with Gasteiger partial charge in [-0.3, -0.25) is 18.6 Å². The van der Waals surface area contributed by atoms with Crippen LogP contribution in [0, 0.1) is 0 Å². The zero-order chi connectivity index (χ0) is 49.8. The normalized spacial score (nSPS) is 17.3. The van der Waals surface area contributed by atoms with Crippen molar-refractivity contribution < 1.29 is 74.0 Å². The number of nitrogens with zero attached hydrogens (tertiary/aromatic N) is 2. The highest BCUT2D eigenvalue weighted by atomic mass is 32.2. The van der Waals surface area contributed by atoms with Gasteiger partial charge < -0.3 is 39.3 Å². The van der Waals surface area contributed by atoms with Crippen molar-refractivity contribution in [1.29, 1.82) is 0 Å². The van der Waals surface area contributed by atoms with Crippen LogP contribution in [-0.2, 0) is 78.6 Å². The van der Waals surface area contributed by atoms with E-state index in [1.54, 1.807) is 0 Å². The van der Waals surface area contributed by atoms with Crippen LogP contribution < -0.4 is 34.8 Å². The monoisotopic (exact) mass is 1030 g/mol. The molecule has 2 atom stereocenters. The molecular weight excluding hydrogens is 972 g/mol. The van der Waals surface area contributed by atoms with Crippen LogP contribution in [0.15, 0.2) is 40.1 Å². The quantitative estimate of drug-likeness (QED) is 0.0292. The summed E-state index contributed by atoms with van der Waals surface area (Å²) in [6.45, 7) is 3.82. The Labute approximate surface area is 406 Å². The Kier molecular flexibility index (Phi) is 16.2. The standard InChI is InChI=1S/C47H59N4O16PS2/c52-40(48-19-26-64-24-8-25-65-68(57,58)67-38(47(55)56)16-17-41(53)54)13-2-1-3-18-49-69(59,60)32-14-15-33(39(29-32)70(61,62)63)42-36-27-30-9-4-20-50-22-6-11-34(43(30)50)45(36)66-46-35-12-7-23-51-21-5-10-31(44(35)51)28-37(42)46/h14-15,27-29,38,49H,1-13,16-26H2,(H4-,48,52,53,54,55,56,57,58,61,62,63). The van der Waals surface area contributed by atoms with Crippen LogP contribution in [0.1, 0.15) is 104 Å². The number of amides is 1. The van der Waals surface area contributed by atoms with Gasteiger partial charge in [-0.05, 0) is 94.0 Å². The highest BCUT2D eigenvalue weighted by molar-refractivity contribution is 7.89. The zero-order valence-electron chi connectivity index (χ0n) is 38.7. The molecule has 8 rings (SSSR count). The number of aliphatic carboxylic acids is 2. The number of phosphoric ester groups is 1. The number of hydrogen-bond donors (Lipinski definition) is 5. The summed E-state index contributed by atoms with van der Waals surface area (Å²) in [4.78, 5) is 45.4. The maximum Gasteiger partial charge on any atom is 0.473 e. The fourth-order valence-corrected chi connectivity index (χ4v) is 13.0. The minimum atomic E-state index is -5.22. The van der Waals surface area contributed by atoms with Crippen molar-refractivity contribution in [3.63, 3.8) is 0 Å². The third kappa shape index (κ3) is 11.8. The van der Waals surface area contributed by atoms with E-state index in [1.165, 1.54) is 23.2 Å². The highest BCUT2D eigenvalue weighted by Crippen LogP contribution is 2.49. The number of aryl methyl sites for hydroxylation is 2. The number of ether oxygens (including phenoxy) is 2. The number of carboxylic acid groups (broad SMARTS) is 2. The molecule has 70 heavy (non-hydrogen) atoms. The first-order chi connectivity index (χ1) is 33.4. The Hall–Kier alpha value is -4.77. The first-order valence-corrected chi connectivity index (χ1v) is 28.3. The topological polar surface area (TPSA) is 288 Å². The molecule has 20 nitrogen and oxygen atoms in total. The van der Waals surface area contributed by atoms with Gasteiger partial charge in [0.1, 0.15) is 34.7 Å². The van der Waals surface area contributed by atoms with Gasteiger partial charge in [-0.2, -0.15) is 0 Å². The van der Waals surface area contributed by atoms with Crippen LogP contribution in [0.3, 0.4) is 0 Å². The minimum Gasteiger partial charge on any atom is -0.744 e. The Morgan fingerprint density at radius 2 is 1.57 bits per heavy atom. The van der Waals surface area contributed by atoms with Crippen LogP contribution in [0.25, 0.3) is 5.57 Å². The number of carbonyl (C=O) groups is 3. The zero-order valence-corrected chi connectivity index (χ0v) is 41.3. The van der Waals surface area contributed by atoms with Crippen LogP contribution in [0.2, 0.25) is 0 Å². The van der Waals surface area contributed by atoms with Crippen LogP contribution >= 0.6 is 7.82 Å². The van der Waals surface area contributed by atoms with Crippen molar-refractivity contribution in [2.24, 2.45) is 0 Å². The Balaban J connectivity index is 0.876. The molecule has 5 N–H and O–H groups in total. The molecule has 0 radical (unpaired) electrons. The number of sulfonamides is 1. The van der Waals surface area contributed by atoms with Gasteiger partial charge in [0.05, 0.1) is 28.6 Å². The molecule has 0 aromatic heterocycles. The second kappa shape index (κ2) is 21.9. The Morgan fingerprint density at radius 1 is 0.829 bits per heavy atom. The van der Waals surface area contributed by atoms with Crippen molar-refractivity contribution in [2.45, 2.75) is 112 Å². The fraction of sp³-hybridized carbons (Fsp3) is 0.532. The van der Waals surface area contributed by atoms with E-state index in [4.69, 9.17) is 24.2 Å². The molecule has 5 heterocycles. The molecule has 3 aromatic carbocycles. The number of hydrogen-bond acceptors (Lipinski definition) is 14. The second-order valence-electron chi connectivity index (χ2n) is 18.1. The van der Waals surface area contributed by atoms with Gasteiger partial charge in [-0.15, -0.1) is 0 Å². The molecule has 0 aliphatic carbocycles. The average molecular weight is 1030 g/mol. The Morgan fingerprint density at radius 3 is 2.33 bits per heavy atom. The lowest BCUT2D eigenvalue weighted by atomic mass is 9.82. The molecular formula is C47H59N4O16PS2. The molecule has 2 unspecified atom stereocenters. The molecule has 5 aliphatic rings.